The van der Waals surface area contributed by atoms with Gasteiger partial charge in [-0.1, -0.05) is 0 Å². The molecule has 1 aromatic carbocycles. The first-order chi connectivity index (χ1) is 12.9. The molecule has 0 saturated heterocycles. The fourth-order valence-corrected chi connectivity index (χ4v) is 3.13. The van der Waals surface area contributed by atoms with Crippen LogP contribution in [-0.4, -0.2) is 36.0 Å². The lowest BCUT2D eigenvalue weighted by Gasteiger charge is -2.09. The summed E-state index contributed by atoms with van der Waals surface area (Å²) in [6, 6.07) is 8.74. The van der Waals surface area contributed by atoms with Crippen LogP contribution in [-0.2, 0) is 9.53 Å². The van der Waals surface area contributed by atoms with Gasteiger partial charge in [0.2, 0.25) is 0 Å². The van der Waals surface area contributed by atoms with Crippen molar-refractivity contribution in [3.8, 4) is 0 Å². The summed E-state index contributed by atoms with van der Waals surface area (Å²) in [6.45, 7) is 3.50. The van der Waals surface area contributed by atoms with Gasteiger partial charge in [0, 0.05) is 35.7 Å². The molecule has 1 heterocycles. The average molecular weight is 369 g/mol. The van der Waals surface area contributed by atoms with Crippen molar-refractivity contribution in [2.24, 2.45) is 0 Å². The highest BCUT2D eigenvalue weighted by Crippen LogP contribution is 2.38. The van der Waals surface area contributed by atoms with Crippen LogP contribution in [0.1, 0.15) is 51.0 Å². The second-order valence-corrected chi connectivity index (χ2v) is 6.67. The van der Waals surface area contributed by atoms with E-state index in [0.29, 0.717) is 22.9 Å². The van der Waals surface area contributed by atoms with Crippen molar-refractivity contribution in [2.45, 2.75) is 32.7 Å². The van der Waals surface area contributed by atoms with E-state index in [1.54, 1.807) is 31.3 Å². The van der Waals surface area contributed by atoms with E-state index in [0.717, 1.165) is 24.2 Å². The molecule has 7 heteroatoms. The molecule has 1 aliphatic carbocycles. The van der Waals surface area contributed by atoms with Crippen molar-refractivity contribution in [3.63, 3.8) is 0 Å². The topological polar surface area (TPSA) is 89.4 Å². The number of rotatable bonds is 6. The molecule has 0 bridgehead atoms. The molecule has 0 unspecified atom stereocenters. The number of amides is 2. The molecule has 0 aliphatic heterocycles. The zero-order chi connectivity index (χ0) is 19.6. The Balaban J connectivity index is 1.55. The Morgan fingerprint density at radius 3 is 2.41 bits per heavy atom. The number of anilines is 1. The first-order valence-electron chi connectivity index (χ1n) is 8.88. The predicted octanol–water partition coefficient (Wildman–Crippen LogP) is 2.59. The highest BCUT2D eigenvalue weighted by Gasteiger charge is 2.28. The van der Waals surface area contributed by atoms with Gasteiger partial charge in [0.1, 0.15) is 0 Å². The lowest BCUT2D eigenvalue weighted by atomic mass is 10.2. The van der Waals surface area contributed by atoms with Gasteiger partial charge >= 0.3 is 5.97 Å². The van der Waals surface area contributed by atoms with Crippen LogP contribution in [0.2, 0.25) is 0 Å². The molecule has 1 fully saturated rings. The Kier molecular flexibility index (Phi) is 5.30. The lowest BCUT2D eigenvalue weighted by molar-refractivity contribution is -0.119. The fourth-order valence-electron chi connectivity index (χ4n) is 3.13. The summed E-state index contributed by atoms with van der Waals surface area (Å²) < 4.78 is 7.32. The Morgan fingerprint density at radius 2 is 1.81 bits per heavy atom. The molecule has 1 aliphatic rings. The van der Waals surface area contributed by atoms with Crippen LogP contribution in [0.15, 0.2) is 30.3 Å². The quantitative estimate of drug-likeness (QED) is 0.766. The highest BCUT2D eigenvalue weighted by atomic mass is 16.5. The third-order valence-corrected chi connectivity index (χ3v) is 4.61. The Labute approximate surface area is 157 Å². The van der Waals surface area contributed by atoms with Crippen molar-refractivity contribution in [1.29, 1.82) is 0 Å². The van der Waals surface area contributed by atoms with E-state index < -0.39 is 11.9 Å². The second-order valence-electron chi connectivity index (χ2n) is 6.67. The number of carbonyl (C=O) groups is 3. The Bertz CT molecular complexity index is 879. The molecule has 2 aromatic rings. The largest absolute Gasteiger partial charge is 0.452 e. The van der Waals surface area contributed by atoms with E-state index in [1.165, 1.54) is 0 Å². The van der Waals surface area contributed by atoms with Gasteiger partial charge in [-0.15, -0.1) is 0 Å². The third kappa shape index (κ3) is 4.19. The number of carbonyl (C=O) groups excluding carboxylic acids is 3. The summed E-state index contributed by atoms with van der Waals surface area (Å²) in [7, 11) is 1.55. The molecule has 2 N–H and O–H groups in total. The van der Waals surface area contributed by atoms with Crippen LogP contribution in [0.5, 0.6) is 0 Å². The van der Waals surface area contributed by atoms with Crippen LogP contribution in [0.3, 0.4) is 0 Å². The third-order valence-electron chi connectivity index (χ3n) is 4.61. The minimum absolute atomic E-state index is 0.203. The van der Waals surface area contributed by atoms with Crippen LogP contribution in [0, 0.1) is 13.8 Å². The molecule has 1 aromatic heterocycles. The fraction of sp³-hybridized carbons (Fsp3) is 0.350. The summed E-state index contributed by atoms with van der Waals surface area (Å²) in [5, 5.41) is 5.16. The van der Waals surface area contributed by atoms with Crippen molar-refractivity contribution in [3.05, 3.63) is 52.8 Å². The molecule has 142 valence electrons. The molecule has 0 atom stereocenters. The number of nitrogens with one attached hydrogen (secondary N) is 2. The summed E-state index contributed by atoms with van der Waals surface area (Å²) >= 11 is 0. The van der Waals surface area contributed by atoms with Crippen molar-refractivity contribution in [1.82, 2.24) is 9.88 Å². The van der Waals surface area contributed by atoms with Crippen LogP contribution >= 0.6 is 0 Å². The van der Waals surface area contributed by atoms with Crippen molar-refractivity contribution < 1.29 is 19.1 Å². The number of ether oxygens (including phenoxy) is 1. The average Bonchev–Trinajstić information content (AvgIpc) is 3.44. The van der Waals surface area contributed by atoms with E-state index in [4.69, 9.17) is 4.74 Å². The Morgan fingerprint density at radius 1 is 1.15 bits per heavy atom. The standard InChI is InChI=1S/C20H23N3O4/c1-12-10-17(13(2)23(12)16-8-9-16)20(26)27-11-18(24)22-15-6-4-14(5-7-15)19(25)21-3/h4-7,10,16H,8-9,11H2,1-3H3,(H,21,25)(H,22,24). The first-order valence-corrected chi connectivity index (χ1v) is 8.88. The summed E-state index contributed by atoms with van der Waals surface area (Å²) in [4.78, 5) is 35.8. The van der Waals surface area contributed by atoms with Gasteiger partial charge < -0.3 is 19.9 Å². The maximum Gasteiger partial charge on any atom is 0.340 e. The maximum atomic E-state index is 12.3. The lowest BCUT2D eigenvalue weighted by Crippen LogP contribution is -2.21. The number of hydrogen-bond donors (Lipinski definition) is 2. The van der Waals surface area contributed by atoms with Crippen LogP contribution in [0.25, 0.3) is 0 Å². The number of aryl methyl sites for hydroxylation is 1. The molecule has 0 spiro atoms. The zero-order valence-electron chi connectivity index (χ0n) is 15.7. The van der Waals surface area contributed by atoms with Gasteiger partial charge in [0.15, 0.2) is 6.61 Å². The van der Waals surface area contributed by atoms with E-state index in [1.807, 2.05) is 19.9 Å². The summed E-state index contributed by atoms with van der Waals surface area (Å²) in [5.41, 5.74) is 3.43. The van der Waals surface area contributed by atoms with Crippen LogP contribution < -0.4 is 10.6 Å². The molecule has 7 nitrogen and oxygen atoms in total. The summed E-state index contributed by atoms with van der Waals surface area (Å²) in [5.74, 6) is -1.14. The van der Waals surface area contributed by atoms with Crippen LogP contribution in [0.4, 0.5) is 5.69 Å². The molecule has 3 rings (SSSR count). The van der Waals surface area contributed by atoms with E-state index in [9.17, 15) is 14.4 Å². The first kappa shape index (κ1) is 18.7. The highest BCUT2D eigenvalue weighted by molar-refractivity contribution is 5.97. The predicted molar refractivity (Wildman–Crippen MR) is 101 cm³/mol. The number of hydrogen-bond acceptors (Lipinski definition) is 4. The van der Waals surface area contributed by atoms with Gasteiger partial charge in [-0.05, 0) is 57.0 Å². The smallest absolute Gasteiger partial charge is 0.340 e. The van der Waals surface area contributed by atoms with Gasteiger partial charge in [0.25, 0.3) is 11.8 Å². The maximum absolute atomic E-state index is 12.3. The normalized spacial score (nSPS) is 13.1. The second kappa shape index (κ2) is 7.65. The molecular formula is C20H23N3O4. The zero-order valence-corrected chi connectivity index (χ0v) is 15.7. The SMILES string of the molecule is CNC(=O)c1ccc(NC(=O)COC(=O)c2cc(C)n(C3CC3)c2C)cc1. The number of nitrogens with zero attached hydrogens (tertiary/aromatic N) is 1. The van der Waals surface area contributed by atoms with Gasteiger partial charge in [-0.3, -0.25) is 9.59 Å². The minimum atomic E-state index is -0.500. The summed E-state index contributed by atoms with van der Waals surface area (Å²) in [6.07, 6.45) is 2.26. The number of esters is 1. The van der Waals surface area contributed by atoms with Crippen molar-refractivity contribution >= 4 is 23.5 Å². The Hall–Kier alpha value is -3.09. The van der Waals surface area contributed by atoms with Gasteiger partial charge in [-0.2, -0.15) is 0 Å². The molecule has 0 radical (unpaired) electrons. The van der Waals surface area contributed by atoms with Gasteiger partial charge in [0.05, 0.1) is 5.56 Å². The molecule has 1 saturated carbocycles. The molecular weight excluding hydrogens is 346 g/mol. The monoisotopic (exact) mass is 369 g/mol. The molecule has 2 amide bonds. The van der Waals surface area contributed by atoms with Crippen molar-refractivity contribution in [2.75, 3.05) is 19.0 Å². The number of benzene rings is 1. The minimum Gasteiger partial charge on any atom is -0.452 e. The van der Waals surface area contributed by atoms with E-state index >= 15 is 0 Å². The number of aromatic nitrogens is 1. The van der Waals surface area contributed by atoms with E-state index in [-0.39, 0.29) is 12.5 Å². The van der Waals surface area contributed by atoms with E-state index in [2.05, 4.69) is 15.2 Å². The molecule has 27 heavy (non-hydrogen) atoms. The van der Waals surface area contributed by atoms with Gasteiger partial charge in [-0.25, -0.2) is 4.79 Å².